The minimum Gasteiger partial charge on any atom is -0.468 e. The molecule has 2 aliphatic rings. The van der Waals surface area contributed by atoms with E-state index in [9.17, 15) is 49.1 Å². The number of halogens is 9. The van der Waals surface area contributed by atoms with Gasteiger partial charge in [-0.05, 0) is 79.3 Å². The molecule has 19 heteroatoms. The number of esters is 1. The van der Waals surface area contributed by atoms with Gasteiger partial charge in [-0.1, -0.05) is 6.92 Å². The number of methoxy groups -OCH3 is 1. The molecule has 1 amide bonds. The van der Waals surface area contributed by atoms with Crippen LogP contribution in [0.25, 0.3) is 0 Å². The Morgan fingerprint density at radius 1 is 0.906 bits per heavy atom. The number of anilines is 1. The van der Waals surface area contributed by atoms with Crippen LogP contribution in [-0.2, 0) is 39.2 Å². The summed E-state index contributed by atoms with van der Waals surface area (Å²) in [5, 5.41) is 2.95. The largest absolute Gasteiger partial charge is 0.468 e. The molecule has 0 saturated carbocycles. The number of carbonyl (C=O) groups is 2. The van der Waals surface area contributed by atoms with Crippen LogP contribution in [0, 0.1) is 0 Å². The SMILES string of the molecule is CCOC(=O)N1c2ccc(C(F)(F)F)cc2[C@@H](NOc2ncc([C@H]3CN[C@H](C(=O)OC)C3)c(Cc3cc(C(F)(F)F)cc(C(F)(F)F)c3)n2)C[C@H]1CC. The number of hydroxylamine groups is 1. The molecule has 53 heavy (non-hydrogen) atoms. The highest BCUT2D eigenvalue weighted by atomic mass is 19.4. The summed E-state index contributed by atoms with van der Waals surface area (Å²) in [6, 6.07) is 1.25. The fourth-order valence-electron chi connectivity index (χ4n) is 6.50. The number of hydrogen-bond donors (Lipinski definition) is 2. The first-order valence-corrected chi connectivity index (χ1v) is 16.4. The smallest absolute Gasteiger partial charge is 0.416 e. The molecule has 0 unspecified atom stereocenters. The first-order chi connectivity index (χ1) is 24.8. The number of nitrogens with one attached hydrogen (secondary N) is 2. The van der Waals surface area contributed by atoms with Crippen molar-refractivity contribution in [2.75, 3.05) is 25.2 Å². The molecule has 10 nitrogen and oxygen atoms in total. The lowest BCUT2D eigenvalue weighted by molar-refractivity contribution is -0.144. The Kier molecular flexibility index (Phi) is 11.5. The molecular weight excluding hydrogens is 729 g/mol. The lowest BCUT2D eigenvalue weighted by atomic mass is 9.89. The van der Waals surface area contributed by atoms with Crippen LogP contribution in [0.5, 0.6) is 6.01 Å². The number of ether oxygens (including phenoxy) is 2. The van der Waals surface area contributed by atoms with Gasteiger partial charge >= 0.3 is 36.6 Å². The summed E-state index contributed by atoms with van der Waals surface area (Å²) >= 11 is 0. The average Bonchev–Trinajstić information content (AvgIpc) is 3.58. The standard InChI is InChI=1S/C34H34F9N5O5/c1-4-22-14-26(23-13-19(32(35,36)37)6-7-28(23)48(22)31(50)52-5-2)47-53-30-45-16-24(18-11-27(44-15-18)29(49)51-3)25(46-30)10-17-8-20(33(38,39)40)12-21(9-17)34(41,42)43/h6-9,12-13,16,18,22,26-27,44,47H,4-5,10-11,14-15H2,1-3H3/t18-,22-,26+,27+/m1/s1. The predicted octanol–water partition coefficient (Wildman–Crippen LogP) is 7.51. The molecule has 0 radical (unpaired) electrons. The Morgan fingerprint density at radius 2 is 1.57 bits per heavy atom. The van der Waals surface area contributed by atoms with Crippen LogP contribution < -0.4 is 20.5 Å². The number of amides is 1. The molecule has 3 heterocycles. The van der Waals surface area contributed by atoms with E-state index in [1.807, 2.05) is 0 Å². The summed E-state index contributed by atoms with van der Waals surface area (Å²) in [4.78, 5) is 40.5. The Bertz CT molecular complexity index is 1790. The second-order valence-electron chi connectivity index (χ2n) is 12.5. The van der Waals surface area contributed by atoms with Crippen molar-refractivity contribution < 1.29 is 63.4 Å². The van der Waals surface area contributed by atoms with Crippen molar-refractivity contribution in [1.29, 1.82) is 0 Å². The van der Waals surface area contributed by atoms with Gasteiger partial charge in [-0.25, -0.2) is 9.78 Å². The van der Waals surface area contributed by atoms with Crippen LogP contribution in [0.4, 0.5) is 50.0 Å². The Balaban J connectivity index is 1.52. The van der Waals surface area contributed by atoms with Crippen molar-refractivity contribution in [3.63, 3.8) is 0 Å². The molecule has 288 valence electrons. The molecule has 5 rings (SSSR count). The molecule has 2 N–H and O–H groups in total. The zero-order valence-corrected chi connectivity index (χ0v) is 28.4. The van der Waals surface area contributed by atoms with E-state index in [-0.39, 0.29) is 54.6 Å². The Morgan fingerprint density at radius 3 is 2.15 bits per heavy atom. The number of hydrogen-bond acceptors (Lipinski definition) is 9. The van der Waals surface area contributed by atoms with Gasteiger partial charge in [-0.3, -0.25) is 9.69 Å². The van der Waals surface area contributed by atoms with E-state index in [1.165, 1.54) is 18.2 Å². The topological polar surface area (TPSA) is 115 Å². The number of nitrogens with zero attached hydrogens (tertiary/aromatic N) is 3. The summed E-state index contributed by atoms with van der Waals surface area (Å²) in [5.41, 5.74) is -1.34. The molecule has 1 aromatic heterocycles. The maximum atomic E-state index is 13.8. The monoisotopic (exact) mass is 763 g/mol. The van der Waals surface area contributed by atoms with Crippen LogP contribution in [0.3, 0.4) is 0 Å². The van der Waals surface area contributed by atoms with Crippen LogP contribution >= 0.6 is 0 Å². The molecule has 4 atom stereocenters. The van der Waals surface area contributed by atoms with Crippen molar-refractivity contribution in [2.45, 2.75) is 82.1 Å². The molecule has 0 spiro atoms. The summed E-state index contributed by atoms with van der Waals surface area (Å²) in [7, 11) is 1.18. The Hall–Kier alpha value is -4.65. The lowest BCUT2D eigenvalue weighted by Gasteiger charge is -2.40. The molecule has 1 saturated heterocycles. The molecule has 0 bridgehead atoms. The molecule has 1 fully saturated rings. The number of carbonyl (C=O) groups excluding carboxylic acids is 2. The highest BCUT2D eigenvalue weighted by Crippen LogP contribution is 2.42. The summed E-state index contributed by atoms with van der Waals surface area (Å²) in [6.45, 7) is 3.52. The Labute approximate surface area is 297 Å². The highest BCUT2D eigenvalue weighted by Gasteiger charge is 2.41. The minimum absolute atomic E-state index is 0.00352. The quantitative estimate of drug-likeness (QED) is 0.130. The van der Waals surface area contributed by atoms with Gasteiger partial charge in [0.2, 0.25) is 0 Å². The maximum Gasteiger partial charge on any atom is 0.416 e. The van der Waals surface area contributed by atoms with E-state index in [4.69, 9.17) is 14.3 Å². The van der Waals surface area contributed by atoms with Gasteiger partial charge in [0.25, 0.3) is 0 Å². The van der Waals surface area contributed by atoms with E-state index in [0.717, 1.165) is 18.2 Å². The molecular formula is C34H34F9N5O5. The first kappa shape index (κ1) is 39.6. The normalized spacial score (nSPS) is 20.6. The third kappa shape index (κ3) is 8.94. The van der Waals surface area contributed by atoms with E-state index < -0.39 is 83.8 Å². The summed E-state index contributed by atoms with van der Waals surface area (Å²) in [6.07, 6.45) is -14.4. The zero-order chi connectivity index (χ0) is 38.9. The van der Waals surface area contributed by atoms with Gasteiger partial charge in [-0.15, -0.1) is 5.48 Å². The average molecular weight is 764 g/mol. The third-order valence-electron chi connectivity index (χ3n) is 9.04. The van der Waals surface area contributed by atoms with Gasteiger partial charge < -0.3 is 19.6 Å². The van der Waals surface area contributed by atoms with Crippen molar-refractivity contribution in [1.82, 2.24) is 20.8 Å². The van der Waals surface area contributed by atoms with Gasteiger partial charge in [-0.2, -0.15) is 44.5 Å². The van der Waals surface area contributed by atoms with Gasteiger partial charge in [0.1, 0.15) is 6.04 Å². The second-order valence-corrected chi connectivity index (χ2v) is 12.5. The number of fused-ring (bicyclic) bond motifs is 1. The number of aromatic nitrogens is 2. The van der Waals surface area contributed by atoms with E-state index in [0.29, 0.717) is 24.1 Å². The van der Waals surface area contributed by atoms with Crippen LogP contribution in [-0.4, -0.2) is 54.4 Å². The second kappa shape index (κ2) is 15.4. The fourth-order valence-corrected chi connectivity index (χ4v) is 6.50. The van der Waals surface area contributed by atoms with Crippen LogP contribution in [0.15, 0.2) is 42.6 Å². The van der Waals surface area contributed by atoms with E-state index >= 15 is 0 Å². The van der Waals surface area contributed by atoms with Gasteiger partial charge in [0.05, 0.1) is 47.8 Å². The zero-order valence-electron chi connectivity index (χ0n) is 28.4. The van der Waals surface area contributed by atoms with Crippen molar-refractivity contribution in [3.8, 4) is 6.01 Å². The summed E-state index contributed by atoms with van der Waals surface area (Å²) < 4.78 is 133. The molecule has 0 aliphatic carbocycles. The lowest BCUT2D eigenvalue weighted by Crippen LogP contribution is -2.47. The molecule has 3 aromatic rings. The number of benzene rings is 2. The van der Waals surface area contributed by atoms with Gasteiger partial charge in [0, 0.05) is 31.1 Å². The van der Waals surface area contributed by atoms with Crippen LogP contribution in [0.2, 0.25) is 0 Å². The predicted molar refractivity (Wildman–Crippen MR) is 169 cm³/mol. The van der Waals surface area contributed by atoms with Crippen LogP contribution in [0.1, 0.15) is 84.1 Å². The highest BCUT2D eigenvalue weighted by molar-refractivity contribution is 5.90. The fraction of sp³-hybridized carbons (Fsp3) is 0.471. The minimum atomic E-state index is -5.10. The summed E-state index contributed by atoms with van der Waals surface area (Å²) in [5.74, 6) is -1.10. The van der Waals surface area contributed by atoms with Gasteiger partial charge in [0.15, 0.2) is 0 Å². The molecule has 2 aliphatic heterocycles. The van der Waals surface area contributed by atoms with E-state index in [1.54, 1.807) is 13.8 Å². The number of alkyl halides is 9. The third-order valence-corrected chi connectivity index (χ3v) is 9.04. The number of rotatable bonds is 9. The van der Waals surface area contributed by atoms with Crippen molar-refractivity contribution in [2.24, 2.45) is 0 Å². The molecule has 2 aromatic carbocycles. The first-order valence-electron chi connectivity index (χ1n) is 16.4. The maximum absolute atomic E-state index is 13.8. The van der Waals surface area contributed by atoms with E-state index in [2.05, 4.69) is 20.8 Å². The van der Waals surface area contributed by atoms with Crippen molar-refractivity contribution in [3.05, 3.63) is 81.7 Å². The van der Waals surface area contributed by atoms with Crippen molar-refractivity contribution >= 4 is 17.7 Å².